The van der Waals surface area contributed by atoms with Crippen LogP contribution in [0.4, 0.5) is 0 Å². The van der Waals surface area contributed by atoms with Crippen LogP contribution >= 0.6 is 0 Å². The maximum Gasteiger partial charge on any atom is 0.0796 e. The zero-order valence-corrected chi connectivity index (χ0v) is 6.92. The molecule has 0 aromatic carbocycles. The Labute approximate surface area is 61.3 Å². The molecule has 0 aliphatic rings. The molecule has 1 rings (SSSR count). The van der Waals surface area contributed by atoms with E-state index in [0.717, 1.165) is 16.1 Å². The molecule has 0 radical (unpaired) electrons. The van der Waals surface area contributed by atoms with Crippen molar-refractivity contribution < 1.29 is 5.21 Å². The van der Waals surface area contributed by atoms with E-state index in [-0.39, 0.29) is 0 Å². The van der Waals surface area contributed by atoms with Crippen LogP contribution in [0.25, 0.3) is 0 Å². The molecular formula is C7H14N2O. The first-order valence-corrected chi connectivity index (χ1v) is 3.42. The van der Waals surface area contributed by atoms with E-state index >= 15 is 0 Å². The summed E-state index contributed by atoms with van der Waals surface area (Å²) in [6.45, 7) is 7.71. The summed E-state index contributed by atoms with van der Waals surface area (Å²) in [5.41, 5.74) is 1.80. The maximum absolute atomic E-state index is 8.75. The largest absolute Gasteiger partial charge is 0.411 e. The van der Waals surface area contributed by atoms with Crippen molar-refractivity contribution in [2.75, 3.05) is 0 Å². The molecule has 0 amide bonds. The Morgan fingerprint density at radius 2 is 1.90 bits per heavy atom. The zero-order chi connectivity index (χ0) is 8.15. The highest BCUT2D eigenvalue weighted by Crippen LogP contribution is 2.00. The first-order chi connectivity index (χ1) is 4.72. The molecule has 0 aliphatic heterocycles. The van der Waals surface area contributed by atoms with Crippen LogP contribution in [-0.4, -0.2) is 15.2 Å². The van der Waals surface area contributed by atoms with Crippen LogP contribution in [0.1, 0.15) is 25.1 Å². The van der Waals surface area contributed by atoms with E-state index in [2.05, 4.69) is 5.10 Å². The van der Waals surface area contributed by atoms with Gasteiger partial charge in [0.15, 0.2) is 0 Å². The maximum atomic E-state index is 8.75. The van der Waals surface area contributed by atoms with Gasteiger partial charge in [-0.15, -0.1) is 9.94 Å². The van der Waals surface area contributed by atoms with Gasteiger partial charge in [0.1, 0.15) is 0 Å². The predicted octanol–water partition coefficient (Wildman–Crippen LogP) is 1.76. The molecule has 0 atom stereocenters. The smallest absolute Gasteiger partial charge is 0.0796 e. The fourth-order valence-electron chi connectivity index (χ4n) is 0.479. The Balaban J connectivity index is 0.000000371. The molecular weight excluding hydrogens is 128 g/mol. The van der Waals surface area contributed by atoms with E-state index in [1.165, 1.54) is 0 Å². The van der Waals surface area contributed by atoms with Crippen molar-refractivity contribution in [2.24, 2.45) is 0 Å². The Morgan fingerprint density at radius 3 is 2.00 bits per heavy atom. The highest BCUT2D eigenvalue weighted by Gasteiger charge is 1.96. The molecule has 0 saturated heterocycles. The summed E-state index contributed by atoms with van der Waals surface area (Å²) in [6, 6.07) is 0. The summed E-state index contributed by atoms with van der Waals surface area (Å²) in [5.74, 6) is 0. The van der Waals surface area contributed by atoms with Crippen molar-refractivity contribution in [2.45, 2.75) is 27.7 Å². The molecule has 0 spiro atoms. The number of nitrogens with zero attached hydrogens (tertiary/aromatic N) is 2. The summed E-state index contributed by atoms with van der Waals surface area (Å²) in [6.07, 6.45) is 1.62. The average molecular weight is 142 g/mol. The van der Waals surface area contributed by atoms with Crippen molar-refractivity contribution in [3.63, 3.8) is 0 Å². The van der Waals surface area contributed by atoms with Gasteiger partial charge in [-0.2, -0.15) is 0 Å². The highest BCUT2D eigenvalue weighted by molar-refractivity contribution is 5.11. The molecule has 0 unspecified atom stereocenters. The van der Waals surface area contributed by atoms with E-state index < -0.39 is 0 Å². The highest BCUT2D eigenvalue weighted by atomic mass is 16.5. The lowest BCUT2D eigenvalue weighted by Gasteiger charge is -1.89. The second-order valence-electron chi connectivity index (χ2n) is 1.80. The Kier molecular flexibility index (Phi) is 3.54. The minimum atomic E-state index is 0.796. The van der Waals surface area contributed by atoms with Gasteiger partial charge in [-0.05, 0) is 19.4 Å². The van der Waals surface area contributed by atoms with Crippen LogP contribution < -0.4 is 0 Å². The van der Waals surface area contributed by atoms with Gasteiger partial charge in [-0.1, -0.05) is 13.8 Å². The standard InChI is InChI=1S/C5H8N2O.C2H6/c1-4-3-6-7(8)5(4)2;1-2/h3,8H,1-2H3;1-2H3. The van der Waals surface area contributed by atoms with Crippen molar-refractivity contribution in [3.8, 4) is 0 Å². The first kappa shape index (κ1) is 9.01. The molecule has 1 aromatic heterocycles. The van der Waals surface area contributed by atoms with Gasteiger partial charge in [0.25, 0.3) is 0 Å². The molecule has 1 N–H and O–H groups in total. The van der Waals surface area contributed by atoms with Gasteiger partial charge in [-0.25, -0.2) is 0 Å². The van der Waals surface area contributed by atoms with E-state index in [1.807, 2.05) is 27.7 Å². The van der Waals surface area contributed by atoms with E-state index in [9.17, 15) is 0 Å². The third-order valence-electron chi connectivity index (χ3n) is 1.23. The molecule has 1 aromatic rings. The summed E-state index contributed by atoms with van der Waals surface area (Å²) in [5, 5.41) is 12.3. The number of hydrogen-bond donors (Lipinski definition) is 1. The molecule has 0 saturated carbocycles. The Hall–Kier alpha value is -0.990. The SMILES string of the molecule is CC.Cc1cnn(O)c1C. The van der Waals surface area contributed by atoms with Gasteiger partial charge in [0.2, 0.25) is 0 Å². The van der Waals surface area contributed by atoms with E-state index in [0.29, 0.717) is 0 Å². The van der Waals surface area contributed by atoms with Crippen LogP contribution in [0.2, 0.25) is 0 Å². The van der Waals surface area contributed by atoms with Crippen molar-refractivity contribution in [1.29, 1.82) is 0 Å². The summed E-state index contributed by atoms with van der Waals surface area (Å²) in [4.78, 5) is 0.870. The third-order valence-corrected chi connectivity index (χ3v) is 1.23. The van der Waals surface area contributed by atoms with Gasteiger partial charge in [-0.3, -0.25) is 0 Å². The third kappa shape index (κ3) is 1.76. The van der Waals surface area contributed by atoms with Gasteiger partial charge in [0, 0.05) is 0 Å². The molecule has 0 fully saturated rings. The quantitative estimate of drug-likeness (QED) is 0.560. The number of rotatable bonds is 0. The Bertz CT molecular complexity index is 174. The second-order valence-corrected chi connectivity index (χ2v) is 1.80. The van der Waals surface area contributed by atoms with Crippen LogP contribution in [0, 0.1) is 13.8 Å². The van der Waals surface area contributed by atoms with E-state index in [4.69, 9.17) is 5.21 Å². The topological polar surface area (TPSA) is 38.0 Å². The van der Waals surface area contributed by atoms with Gasteiger partial charge >= 0.3 is 0 Å². The molecule has 0 bridgehead atoms. The average Bonchev–Trinajstić information content (AvgIpc) is 2.25. The number of aromatic nitrogens is 2. The fraction of sp³-hybridized carbons (Fsp3) is 0.571. The second kappa shape index (κ2) is 3.93. The van der Waals surface area contributed by atoms with Crippen molar-refractivity contribution in [3.05, 3.63) is 17.5 Å². The van der Waals surface area contributed by atoms with Crippen molar-refractivity contribution in [1.82, 2.24) is 9.94 Å². The fourth-order valence-corrected chi connectivity index (χ4v) is 0.479. The molecule has 3 nitrogen and oxygen atoms in total. The lowest BCUT2D eigenvalue weighted by atomic mass is 10.3. The number of aryl methyl sites for hydroxylation is 1. The molecule has 0 aliphatic carbocycles. The normalized spacial score (nSPS) is 8.40. The number of hydrogen-bond acceptors (Lipinski definition) is 2. The van der Waals surface area contributed by atoms with Crippen LogP contribution in [0.5, 0.6) is 0 Å². The lowest BCUT2D eigenvalue weighted by molar-refractivity contribution is 0.142. The van der Waals surface area contributed by atoms with Crippen molar-refractivity contribution >= 4 is 0 Å². The Morgan fingerprint density at radius 1 is 1.40 bits per heavy atom. The van der Waals surface area contributed by atoms with Gasteiger partial charge < -0.3 is 5.21 Å². The van der Waals surface area contributed by atoms with Crippen LogP contribution in [0.15, 0.2) is 6.20 Å². The predicted molar refractivity (Wildman–Crippen MR) is 40.2 cm³/mol. The molecule has 10 heavy (non-hydrogen) atoms. The zero-order valence-electron chi connectivity index (χ0n) is 6.92. The molecule has 1 heterocycles. The monoisotopic (exact) mass is 142 g/mol. The molecule has 58 valence electrons. The summed E-state index contributed by atoms with van der Waals surface area (Å²) >= 11 is 0. The minimum absolute atomic E-state index is 0.796. The van der Waals surface area contributed by atoms with Gasteiger partial charge in [0.05, 0.1) is 11.9 Å². The lowest BCUT2D eigenvalue weighted by Crippen LogP contribution is -1.93. The van der Waals surface area contributed by atoms with E-state index in [1.54, 1.807) is 6.20 Å². The van der Waals surface area contributed by atoms with Crippen LogP contribution in [0.3, 0.4) is 0 Å². The minimum Gasteiger partial charge on any atom is -0.411 e. The van der Waals surface area contributed by atoms with Crippen LogP contribution in [-0.2, 0) is 0 Å². The first-order valence-electron chi connectivity index (χ1n) is 3.42. The summed E-state index contributed by atoms with van der Waals surface area (Å²) in [7, 11) is 0. The summed E-state index contributed by atoms with van der Waals surface area (Å²) < 4.78 is 0. The molecule has 3 heteroatoms.